The maximum absolute atomic E-state index is 12.0. The van der Waals surface area contributed by atoms with E-state index in [0.717, 1.165) is 17.6 Å². The van der Waals surface area contributed by atoms with Crippen LogP contribution < -0.4 is 0 Å². The number of hydrogen-bond acceptors (Lipinski definition) is 3. The number of aromatic nitrogens is 1. The highest BCUT2D eigenvalue weighted by Gasteiger charge is 2.26. The van der Waals surface area contributed by atoms with Crippen molar-refractivity contribution in [2.24, 2.45) is 5.92 Å². The lowest BCUT2D eigenvalue weighted by Crippen LogP contribution is -2.29. The second kappa shape index (κ2) is 4.93. The molecular formula is C11H13BrN2O2. The van der Waals surface area contributed by atoms with Crippen LogP contribution in [0.3, 0.4) is 0 Å². The first kappa shape index (κ1) is 11.5. The number of aliphatic hydroxyl groups excluding tert-OH is 1. The van der Waals surface area contributed by atoms with E-state index in [4.69, 9.17) is 5.11 Å². The molecule has 1 atom stereocenters. The van der Waals surface area contributed by atoms with E-state index in [1.54, 1.807) is 23.2 Å². The van der Waals surface area contributed by atoms with Crippen LogP contribution in [0.1, 0.15) is 16.8 Å². The summed E-state index contributed by atoms with van der Waals surface area (Å²) in [4.78, 5) is 17.8. The summed E-state index contributed by atoms with van der Waals surface area (Å²) in [5.74, 6) is 0.225. The van der Waals surface area contributed by atoms with Gasteiger partial charge in [-0.25, -0.2) is 4.98 Å². The highest BCUT2D eigenvalue weighted by molar-refractivity contribution is 9.10. The number of carbonyl (C=O) groups is 1. The minimum absolute atomic E-state index is 0.00375. The van der Waals surface area contributed by atoms with E-state index >= 15 is 0 Å². The molecule has 0 saturated carbocycles. The predicted molar refractivity (Wildman–Crippen MR) is 63.0 cm³/mol. The first-order chi connectivity index (χ1) is 7.70. The molecule has 5 heteroatoms. The van der Waals surface area contributed by atoms with Crippen molar-refractivity contribution in [2.45, 2.75) is 6.42 Å². The molecule has 1 aromatic heterocycles. The molecule has 2 heterocycles. The Labute approximate surface area is 102 Å². The molecular weight excluding hydrogens is 272 g/mol. The van der Waals surface area contributed by atoms with E-state index in [1.165, 1.54) is 0 Å². The predicted octanol–water partition coefficient (Wildman–Crippen LogP) is 1.30. The lowest BCUT2D eigenvalue weighted by Gasteiger charge is -2.15. The van der Waals surface area contributed by atoms with Crippen molar-refractivity contribution in [1.82, 2.24) is 9.88 Å². The summed E-state index contributed by atoms with van der Waals surface area (Å²) >= 11 is 3.23. The van der Waals surface area contributed by atoms with Crippen LogP contribution in [0, 0.1) is 5.92 Å². The molecule has 0 spiro atoms. The fourth-order valence-corrected chi connectivity index (χ4v) is 2.09. The van der Waals surface area contributed by atoms with E-state index in [9.17, 15) is 4.79 Å². The topological polar surface area (TPSA) is 53.4 Å². The minimum Gasteiger partial charge on any atom is -0.396 e. The molecule has 86 valence electrons. The number of nitrogens with zero attached hydrogens (tertiary/aromatic N) is 2. The van der Waals surface area contributed by atoms with Crippen molar-refractivity contribution in [3.05, 3.63) is 28.5 Å². The fourth-order valence-electron chi connectivity index (χ4n) is 1.85. The quantitative estimate of drug-likeness (QED) is 0.833. The molecule has 0 bridgehead atoms. The first-order valence-electron chi connectivity index (χ1n) is 5.22. The van der Waals surface area contributed by atoms with Gasteiger partial charge in [-0.15, -0.1) is 0 Å². The number of hydrogen-bond donors (Lipinski definition) is 1. The molecule has 4 nitrogen and oxygen atoms in total. The van der Waals surface area contributed by atoms with Crippen LogP contribution >= 0.6 is 15.9 Å². The van der Waals surface area contributed by atoms with Gasteiger partial charge in [-0.1, -0.05) is 0 Å². The summed E-state index contributed by atoms with van der Waals surface area (Å²) in [5.41, 5.74) is 0.599. The molecule has 2 rings (SSSR count). The van der Waals surface area contributed by atoms with Crippen molar-refractivity contribution in [3.63, 3.8) is 0 Å². The van der Waals surface area contributed by atoms with Crippen molar-refractivity contribution >= 4 is 21.8 Å². The van der Waals surface area contributed by atoms with Gasteiger partial charge in [0.1, 0.15) is 4.60 Å². The Hall–Kier alpha value is -0.940. The van der Waals surface area contributed by atoms with Gasteiger partial charge in [0.15, 0.2) is 0 Å². The van der Waals surface area contributed by atoms with Gasteiger partial charge in [0.2, 0.25) is 0 Å². The molecule has 1 aliphatic rings. The third-order valence-corrected chi connectivity index (χ3v) is 3.27. The first-order valence-corrected chi connectivity index (χ1v) is 6.01. The molecule has 0 aliphatic carbocycles. The molecule has 16 heavy (non-hydrogen) atoms. The van der Waals surface area contributed by atoms with Crippen molar-refractivity contribution < 1.29 is 9.90 Å². The van der Waals surface area contributed by atoms with Gasteiger partial charge >= 0.3 is 0 Å². The second-order valence-corrected chi connectivity index (χ2v) is 4.77. The lowest BCUT2D eigenvalue weighted by molar-refractivity contribution is 0.0781. The standard InChI is InChI=1S/C11H13BrN2O2/c12-10-2-1-9(5-13-10)11(16)14-4-3-8(6-14)7-15/h1-2,5,8,15H,3-4,6-7H2. The van der Waals surface area contributed by atoms with Gasteiger partial charge in [0, 0.05) is 31.8 Å². The summed E-state index contributed by atoms with van der Waals surface area (Å²) in [7, 11) is 0. The van der Waals surface area contributed by atoms with E-state index in [-0.39, 0.29) is 18.4 Å². The summed E-state index contributed by atoms with van der Waals surface area (Å²) in [6.45, 7) is 1.52. The number of likely N-dealkylation sites (tertiary alicyclic amines) is 1. The lowest BCUT2D eigenvalue weighted by atomic mass is 10.1. The molecule has 0 radical (unpaired) electrons. The molecule has 1 aromatic rings. The van der Waals surface area contributed by atoms with Crippen LogP contribution in [0.15, 0.2) is 22.9 Å². The molecule has 1 saturated heterocycles. The SMILES string of the molecule is O=C(c1ccc(Br)nc1)N1CCC(CO)C1. The zero-order chi connectivity index (χ0) is 11.5. The van der Waals surface area contributed by atoms with Gasteiger partial charge in [-0.2, -0.15) is 0 Å². The average molecular weight is 285 g/mol. The van der Waals surface area contributed by atoms with Gasteiger partial charge in [-0.3, -0.25) is 4.79 Å². The van der Waals surface area contributed by atoms with Crippen LogP contribution in [0.2, 0.25) is 0 Å². The van der Waals surface area contributed by atoms with Gasteiger partial charge in [-0.05, 0) is 34.5 Å². The molecule has 1 aliphatic heterocycles. The molecule has 1 fully saturated rings. The smallest absolute Gasteiger partial charge is 0.255 e. The maximum Gasteiger partial charge on any atom is 0.255 e. The number of rotatable bonds is 2. The number of carbonyl (C=O) groups excluding carboxylic acids is 1. The second-order valence-electron chi connectivity index (χ2n) is 3.96. The Balaban J connectivity index is 2.05. The van der Waals surface area contributed by atoms with Crippen molar-refractivity contribution in [3.8, 4) is 0 Å². The summed E-state index contributed by atoms with van der Waals surface area (Å²) < 4.78 is 0.721. The Bertz CT molecular complexity index is 380. The van der Waals surface area contributed by atoms with Crippen LogP contribution in [0.4, 0.5) is 0 Å². The van der Waals surface area contributed by atoms with E-state index < -0.39 is 0 Å². The Morgan fingerprint density at radius 3 is 3.00 bits per heavy atom. The van der Waals surface area contributed by atoms with Crippen LogP contribution in [-0.2, 0) is 0 Å². The largest absolute Gasteiger partial charge is 0.396 e. The third kappa shape index (κ3) is 2.41. The van der Waals surface area contributed by atoms with Crippen molar-refractivity contribution in [1.29, 1.82) is 0 Å². The molecule has 1 N–H and O–H groups in total. The monoisotopic (exact) mass is 284 g/mol. The Kier molecular flexibility index (Phi) is 3.56. The fraction of sp³-hybridized carbons (Fsp3) is 0.455. The zero-order valence-electron chi connectivity index (χ0n) is 8.77. The van der Waals surface area contributed by atoms with E-state index in [0.29, 0.717) is 12.1 Å². The van der Waals surface area contributed by atoms with E-state index in [1.807, 2.05) is 0 Å². The van der Waals surface area contributed by atoms with Crippen molar-refractivity contribution in [2.75, 3.05) is 19.7 Å². The van der Waals surface area contributed by atoms with Gasteiger partial charge in [0.25, 0.3) is 5.91 Å². The van der Waals surface area contributed by atoms with Crippen LogP contribution in [0.25, 0.3) is 0 Å². The van der Waals surface area contributed by atoms with Crippen LogP contribution in [-0.4, -0.2) is 40.6 Å². The number of aliphatic hydroxyl groups is 1. The number of pyridine rings is 1. The third-order valence-electron chi connectivity index (χ3n) is 2.81. The average Bonchev–Trinajstić information content (AvgIpc) is 2.77. The maximum atomic E-state index is 12.0. The number of halogens is 1. The number of amides is 1. The Morgan fingerprint density at radius 2 is 2.44 bits per heavy atom. The molecule has 0 aromatic carbocycles. The van der Waals surface area contributed by atoms with E-state index in [2.05, 4.69) is 20.9 Å². The Morgan fingerprint density at radius 1 is 1.62 bits per heavy atom. The summed E-state index contributed by atoms with van der Waals surface area (Å²) in [5, 5.41) is 9.02. The summed E-state index contributed by atoms with van der Waals surface area (Å²) in [6, 6.07) is 3.51. The zero-order valence-corrected chi connectivity index (χ0v) is 10.4. The molecule has 1 amide bonds. The highest BCUT2D eigenvalue weighted by atomic mass is 79.9. The van der Waals surface area contributed by atoms with Gasteiger partial charge < -0.3 is 10.0 Å². The highest BCUT2D eigenvalue weighted by Crippen LogP contribution is 2.18. The normalized spacial score (nSPS) is 20.1. The van der Waals surface area contributed by atoms with Crippen LogP contribution in [0.5, 0.6) is 0 Å². The minimum atomic E-state index is -0.00375. The summed E-state index contributed by atoms with van der Waals surface area (Å²) in [6.07, 6.45) is 2.45. The van der Waals surface area contributed by atoms with Gasteiger partial charge in [0.05, 0.1) is 5.56 Å². The molecule has 1 unspecified atom stereocenters.